The lowest BCUT2D eigenvalue weighted by atomic mass is 9.83. The predicted molar refractivity (Wildman–Crippen MR) is 90.3 cm³/mol. The minimum atomic E-state index is -0.942. The van der Waals surface area contributed by atoms with Gasteiger partial charge in [-0.3, -0.25) is 9.59 Å². The highest BCUT2D eigenvalue weighted by Gasteiger charge is 2.36. The molecule has 0 aliphatic rings. The van der Waals surface area contributed by atoms with E-state index in [0.29, 0.717) is 26.1 Å². The monoisotopic (exact) mass is 330 g/mol. The first-order valence-electron chi connectivity index (χ1n) is 8.61. The molecule has 0 radical (unpaired) electrons. The molecule has 0 heterocycles. The molecule has 0 bridgehead atoms. The molecule has 0 rings (SSSR count). The maximum atomic E-state index is 12.5. The number of carbonyl (C=O) groups is 2. The molecule has 2 unspecified atom stereocenters. The van der Waals surface area contributed by atoms with Crippen LogP contribution in [-0.2, 0) is 19.1 Å². The summed E-state index contributed by atoms with van der Waals surface area (Å²) in [5, 5.41) is 9.53. The van der Waals surface area contributed by atoms with Crippen LogP contribution in [0, 0.1) is 17.8 Å². The van der Waals surface area contributed by atoms with Crippen LogP contribution in [-0.4, -0.2) is 35.9 Å². The first kappa shape index (κ1) is 21.9. The third-order valence-electron chi connectivity index (χ3n) is 3.45. The van der Waals surface area contributed by atoms with Crippen LogP contribution in [0.5, 0.6) is 0 Å². The highest BCUT2D eigenvalue weighted by Crippen LogP contribution is 2.27. The highest BCUT2D eigenvalue weighted by atomic mass is 16.6. The van der Waals surface area contributed by atoms with Gasteiger partial charge < -0.3 is 14.6 Å². The Bertz CT molecular complexity index is 357. The molecule has 5 nitrogen and oxygen atoms in total. The van der Waals surface area contributed by atoms with Crippen LogP contribution in [0.3, 0.4) is 0 Å². The second-order valence-corrected chi connectivity index (χ2v) is 7.47. The SMILES string of the molecule is CCCCOCCC(C(=O)OC(C)(C)C)C(CC(C)C)C(=O)O. The highest BCUT2D eigenvalue weighted by molar-refractivity contribution is 5.81. The van der Waals surface area contributed by atoms with Crippen molar-refractivity contribution < 1.29 is 24.2 Å². The zero-order valence-corrected chi connectivity index (χ0v) is 15.6. The van der Waals surface area contributed by atoms with Gasteiger partial charge in [0.2, 0.25) is 0 Å². The molecule has 5 heteroatoms. The first-order chi connectivity index (χ1) is 10.6. The van der Waals surface area contributed by atoms with Crippen LogP contribution in [0.25, 0.3) is 0 Å². The van der Waals surface area contributed by atoms with Crippen molar-refractivity contribution in [2.45, 2.75) is 72.8 Å². The molecular weight excluding hydrogens is 296 g/mol. The summed E-state index contributed by atoms with van der Waals surface area (Å²) in [4.78, 5) is 24.1. The Morgan fingerprint density at radius 1 is 1.09 bits per heavy atom. The smallest absolute Gasteiger partial charge is 0.310 e. The van der Waals surface area contributed by atoms with E-state index in [1.165, 1.54) is 0 Å². The molecule has 0 saturated carbocycles. The summed E-state index contributed by atoms with van der Waals surface area (Å²) in [7, 11) is 0. The van der Waals surface area contributed by atoms with Crippen LogP contribution in [0.2, 0.25) is 0 Å². The number of carboxylic acid groups (broad SMARTS) is 1. The molecule has 1 N–H and O–H groups in total. The van der Waals surface area contributed by atoms with Crippen LogP contribution >= 0.6 is 0 Å². The summed E-state index contributed by atoms with van der Waals surface area (Å²) in [6, 6.07) is 0. The molecule has 0 saturated heterocycles. The normalized spacial score (nSPS) is 14.6. The number of hydrogen-bond donors (Lipinski definition) is 1. The molecule has 0 amide bonds. The number of carboxylic acids is 1. The van der Waals surface area contributed by atoms with Crippen molar-refractivity contribution in [1.29, 1.82) is 0 Å². The summed E-state index contributed by atoms with van der Waals surface area (Å²) >= 11 is 0. The number of ether oxygens (including phenoxy) is 2. The van der Waals surface area contributed by atoms with Crippen molar-refractivity contribution in [1.82, 2.24) is 0 Å². The van der Waals surface area contributed by atoms with Crippen LogP contribution in [0.15, 0.2) is 0 Å². The summed E-state index contributed by atoms with van der Waals surface area (Å²) in [6.45, 7) is 12.4. The van der Waals surface area contributed by atoms with E-state index in [1.807, 2.05) is 13.8 Å². The Balaban J connectivity index is 4.94. The van der Waals surface area contributed by atoms with Gasteiger partial charge in [0.1, 0.15) is 5.60 Å². The van der Waals surface area contributed by atoms with Gasteiger partial charge in [0.05, 0.1) is 11.8 Å². The molecule has 23 heavy (non-hydrogen) atoms. The molecule has 136 valence electrons. The zero-order chi connectivity index (χ0) is 18.0. The van der Waals surface area contributed by atoms with Gasteiger partial charge >= 0.3 is 11.9 Å². The summed E-state index contributed by atoms with van der Waals surface area (Å²) in [5.41, 5.74) is -0.626. The van der Waals surface area contributed by atoms with E-state index >= 15 is 0 Å². The predicted octanol–water partition coefficient (Wildman–Crippen LogP) is 3.90. The maximum Gasteiger partial charge on any atom is 0.310 e. The zero-order valence-electron chi connectivity index (χ0n) is 15.6. The van der Waals surface area contributed by atoms with Gasteiger partial charge in [0.25, 0.3) is 0 Å². The second-order valence-electron chi connectivity index (χ2n) is 7.47. The van der Waals surface area contributed by atoms with Crippen molar-refractivity contribution in [2.75, 3.05) is 13.2 Å². The van der Waals surface area contributed by atoms with E-state index in [4.69, 9.17) is 9.47 Å². The van der Waals surface area contributed by atoms with Gasteiger partial charge in [-0.15, -0.1) is 0 Å². The molecule has 0 aliphatic heterocycles. The number of esters is 1. The number of aliphatic carboxylic acids is 1. The molecule has 0 fully saturated rings. The lowest BCUT2D eigenvalue weighted by Gasteiger charge is -2.28. The van der Waals surface area contributed by atoms with Gasteiger partial charge in [-0.05, 0) is 46.0 Å². The van der Waals surface area contributed by atoms with E-state index < -0.39 is 29.4 Å². The maximum absolute atomic E-state index is 12.5. The topological polar surface area (TPSA) is 72.8 Å². The Hall–Kier alpha value is -1.10. The van der Waals surface area contributed by atoms with E-state index in [9.17, 15) is 14.7 Å². The summed E-state index contributed by atoms with van der Waals surface area (Å²) in [5.74, 6) is -2.59. The standard InChI is InChI=1S/C18H34O5/c1-7-8-10-22-11-9-14(17(21)23-18(4,5)6)15(16(19)20)12-13(2)3/h13-15H,7-12H2,1-6H3,(H,19,20). The third kappa shape index (κ3) is 10.3. The Kier molecular flexibility index (Phi) is 10.1. The molecular formula is C18H34O5. The number of hydrogen-bond acceptors (Lipinski definition) is 4. The first-order valence-corrected chi connectivity index (χ1v) is 8.61. The van der Waals surface area contributed by atoms with E-state index in [1.54, 1.807) is 20.8 Å². The quantitative estimate of drug-likeness (QED) is 0.459. The Labute approximate surface area is 140 Å². The minimum Gasteiger partial charge on any atom is -0.481 e. The minimum absolute atomic E-state index is 0.196. The molecule has 0 aliphatic carbocycles. The second kappa shape index (κ2) is 10.6. The van der Waals surface area contributed by atoms with E-state index in [2.05, 4.69) is 6.92 Å². The fourth-order valence-electron chi connectivity index (χ4n) is 2.36. The number of rotatable bonds is 11. The molecule has 0 aromatic heterocycles. The van der Waals surface area contributed by atoms with Crippen LogP contribution < -0.4 is 0 Å². The average Bonchev–Trinajstić information content (AvgIpc) is 2.38. The molecule has 2 atom stereocenters. The van der Waals surface area contributed by atoms with Crippen molar-refractivity contribution in [3.63, 3.8) is 0 Å². The van der Waals surface area contributed by atoms with Crippen molar-refractivity contribution >= 4 is 11.9 Å². The fraction of sp³-hybridized carbons (Fsp3) is 0.889. The van der Waals surface area contributed by atoms with Crippen LogP contribution in [0.4, 0.5) is 0 Å². The van der Waals surface area contributed by atoms with Gasteiger partial charge in [0, 0.05) is 13.2 Å². The van der Waals surface area contributed by atoms with Gasteiger partial charge in [0.15, 0.2) is 0 Å². The van der Waals surface area contributed by atoms with Gasteiger partial charge in [-0.2, -0.15) is 0 Å². The van der Waals surface area contributed by atoms with E-state index in [-0.39, 0.29) is 5.92 Å². The molecule has 0 spiro atoms. The van der Waals surface area contributed by atoms with E-state index in [0.717, 1.165) is 12.8 Å². The lowest BCUT2D eigenvalue weighted by molar-refractivity contribution is -0.168. The van der Waals surface area contributed by atoms with Crippen LogP contribution in [0.1, 0.15) is 67.2 Å². The average molecular weight is 330 g/mol. The molecule has 0 aromatic carbocycles. The number of unbranched alkanes of at least 4 members (excludes halogenated alkanes) is 1. The van der Waals surface area contributed by atoms with Crippen molar-refractivity contribution in [3.8, 4) is 0 Å². The van der Waals surface area contributed by atoms with Gasteiger partial charge in [-0.1, -0.05) is 27.2 Å². The fourth-order valence-corrected chi connectivity index (χ4v) is 2.36. The largest absolute Gasteiger partial charge is 0.481 e. The summed E-state index contributed by atoms with van der Waals surface area (Å²) < 4.78 is 11.0. The molecule has 0 aromatic rings. The van der Waals surface area contributed by atoms with Crippen molar-refractivity contribution in [3.05, 3.63) is 0 Å². The Morgan fingerprint density at radius 3 is 2.13 bits per heavy atom. The van der Waals surface area contributed by atoms with Crippen molar-refractivity contribution in [2.24, 2.45) is 17.8 Å². The lowest BCUT2D eigenvalue weighted by Crippen LogP contribution is -2.37. The summed E-state index contributed by atoms with van der Waals surface area (Å²) in [6.07, 6.45) is 2.84. The Morgan fingerprint density at radius 2 is 1.70 bits per heavy atom. The van der Waals surface area contributed by atoms with Gasteiger partial charge in [-0.25, -0.2) is 0 Å². The third-order valence-corrected chi connectivity index (χ3v) is 3.45. The number of carbonyl (C=O) groups excluding carboxylic acids is 1.